The molecule has 0 amide bonds. The lowest BCUT2D eigenvalue weighted by Crippen LogP contribution is -2.45. The van der Waals surface area contributed by atoms with E-state index in [0.717, 1.165) is 12.3 Å². The molecule has 0 N–H and O–H groups in total. The third-order valence-electron chi connectivity index (χ3n) is 9.11. The predicted molar refractivity (Wildman–Crippen MR) is 106 cm³/mol. The van der Waals surface area contributed by atoms with Crippen LogP contribution in [-0.2, 0) is 0 Å². The molecule has 2 saturated carbocycles. The molecule has 0 saturated heterocycles. The number of allylic oxidation sites excluding steroid dienone is 8. The molecule has 5 aliphatic rings. The second-order valence-corrected chi connectivity index (χ2v) is 10.1. The van der Waals surface area contributed by atoms with E-state index in [1.54, 1.807) is 5.57 Å². The highest BCUT2D eigenvalue weighted by molar-refractivity contribution is 5.50. The summed E-state index contributed by atoms with van der Waals surface area (Å²) in [4.78, 5) is 0. The molecule has 5 aliphatic carbocycles. The lowest BCUT2D eigenvalue weighted by atomic mass is 9.50. The first-order valence-corrected chi connectivity index (χ1v) is 10.3. The number of hydrogen-bond acceptors (Lipinski definition) is 0. The van der Waals surface area contributed by atoms with Gasteiger partial charge in [-0.2, -0.15) is 0 Å². The summed E-state index contributed by atoms with van der Waals surface area (Å²) < 4.78 is 0. The third kappa shape index (κ3) is 1.89. The van der Waals surface area contributed by atoms with Crippen LogP contribution in [0.4, 0.5) is 0 Å². The highest BCUT2D eigenvalue weighted by atomic mass is 14.7. The van der Waals surface area contributed by atoms with Crippen molar-refractivity contribution in [2.45, 2.75) is 65.2 Å². The summed E-state index contributed by atoms with van der Waals surface area (Å²) in [6, 6.07) is 0. The van der Waals surface area contributed by atoms with Crippen molar-refractivity contribution in [1.82, 2.24) is 0 Å². The second-order valence-electron chi connectivity index (χ2n) is 10.1. The Morgan fingerprint density at radius 1 is 1.08 bits per heavy atom. The van der Waals surface area contributed by atoms with Gasteiger partial charge in [-0.25, -0.2) is 0 Å². The minimum Gasteiger partial charge on any atom is -0.0998 e. The SMILES string of the molecule is C=C1C=C2C=CC3C(=CCC4(C)C3CCC43CCC(=C)C3)C2(C)CC1. The van der Waals surface area contributed by atoms with Gasteiger partial charge in [0.1, 0.15) is 0 Å². The van der Waals surface area contributed by atoms with E-state index in [0.29, 0.717) is 16.7 Å². The molecule has 0 aromatic carbocycles. The van der Waals surface area contributed by atoms with Crippen molar-refractivity contribution in [1.29, 1.82) is 0 Å². The highest BCUT2D eigenvalue weighted by Crippen LogP contribution is 2.71. The first-order valence-electron chi connectivity index (χ1n) is 10.3. The van der Waals surface area contributed by atoms with Crippen LogP contribution in [0.2, 0.25) is 0 Å². The van der Waals surface area contributed by atoms with E-state index in [9.17, 15) is 0 Å². The smallest absolute Gasteiger partial charge is 0.0142 e. The Kier molecular flexibility index (Phi) is 3.12. The van der Waals surface area contributed by atoms with Gasteiger partial charge in [-0.15, -0.1) is 0 Å². The van der Waals surface area contributed by atoms with Crippen LogP contribution >= 0.6 is 0 Å². The van der Waals surface area contributed by atoms with Gasteiger partial charge in [-0.3, -0.25) is 0 Å². The van der Waals surface area contributed by atoms with Crippen molar-refractivity contribution in [3.63, 3.8) is 0 Å². The molecule has 5 atom stereocenters. The van der Waals surface area contributed by atoms with E-state index in [-0.39, 0.29) is 5.41 Å². The fourth-order valence-electron chi connectivity index (χ4n) is 7.41. The Morgan fingerprint density at radius 3 is 2.68 bits per heavy atom. The van der Waals surface area contributed by atoms with Crippen LogP contribution in [0.3, 0.4) is 0 Å². The minimum atomic E-state index is 0.261. The average Bonchev–Trinajstić information content (AvgIpc) is 3.10. The Morgan fingerprint density at radius 2 is 1.92 bits per heavy atom. The Bertz CT molecular complexity index is 759. The fraction of sp³-hybridized carbons (Fsp3) is 0.600. The van der Waals surface area contributed by atoms with Gasteiger partial charge in [0, 0.05) is 11.3 Å². The standard InChI is InChI=1S/C25H32/c1-17-7-11-23(3)19(15-17)5-6-20-21(23)9-12-24(4)22(20)10-14-25(24)13-8-18(2)16-25/h5-6,9,15,20,22H,1-2,7-8,10-14,16H2,3-4H3. The van der Waals surface area contributed by atoms with Gasteiger partial charge in [0.15, 0.2) is 0 Å². The van der Waals surface area contributed by atoms with Gasteiger partial charge in [-0.05, 0) is 73.7 Å². The lowest BCUT2D eigenvalue weighted by molar-refractivity contribution is 0.0360. The van der Waals surface area contributed by atoms with Crippen molar-refractivity contribution in [2.75, 3.05) is 0 Å². The molecule has 0 heterocycles. The predicted octanol–water partition coefficient (Wildman–Crippen LogP) is 6.93. The van der Waals surface area contributed by atoms with Crippen LogP contribution in [0, 0.1) is 28.1 Å². The van der Waals surface area contributed by atoms with Gasteiger partial charge in [0.2, 0.25) is 0 Å². The van der Waals surface area contributed by atoms with E-state index in [1.165, 1.54) is 61.7 Å². The zero-order valence-corrected chi connectivity index (χ0v) is 16.0. The van der Waals surface area contributed by atoms with Crippen LogP contribution in [-0.4, -0.2) is 0 Å². The van der Waals surface area contributed by atoms with Crippen molar-refractivity contribution >= 4 is 0 Å². The fourth-order valence-corrected chi connectivity index (χ4v) is 7.41. The molecule has 0 bridgehead atoms. The molecule has 0 aromatic heterocycles. The second kappa shape index (κ2) is 4.90. The van der Waals surface area contributed by atoms with Crippen molar-refractivity contribution in [2.24, 2.45) is 28.1 Å². The molecule has 1 spiro atoms. The van der Waals surface area contributed by atoms with Crippen molar-refractivity contribution in [3.8, 4) is 0 Å². The lowest BCUT2D eigenvalue weighted by Gasteiger charge is -2.54. The largest absolute Gasteiger partial charge is 0.0998 e. The summed E-state index contributed by atoms with van der Waals surface area (Å²) in [5.74, 6) is 1.50. The molecule has 132 valence electrons. The maximum absolute atomic E-state index is 4.35. The summed E-state index contributed by atoms with van der Waals surface area (Å²) in [5.41, 5.74) is 7.35. The Labute approximate surface area is 153 Å². The van der Waals surface area contributed by atoms with Crippen LogP contribution in [0.25, 0.3) is 0 Å². The molecule has 0 aliphatic heterocycles. The molecule has 0 aromatic rings. The van der Waals surface area contributed by atoms with Gasteiger partial charge < -0.3 is 0 Å². The Balaban J connectivity index is 1.58. The monoisotopic (exact) mass is 332 g/mol. The van der Waals surface area contributed by atoms with Crippen LogP contribution < -0.4 is 0 Å². The maximum atomic E-state index is 4.35. The van der Waals surface area contributed by atoms with Gasteiger partial charge >= 0.3 is 0 Å². The van der Waals surface area contributed by atoms with E-state index in [2.05, 4.69) is 51.3 Å². The molecule has 25 heavy (non-hydrogen) atoms. The van der Waals surface area contributed by atoms with Crippen LogP contribution in [0.15, 0.2) is 59.8 Å². The molecule has 0 heteroatoms. The molecular weight excluding hydrogens is 300 g/mol. The third-order valence-corrected chi connectivity index (χ3v) is 9.11. The first-order chi connectivity index (χ1) is 11.9. The first kappa shape index (κ1) is 15.9. The maximum Gasteiger partial charge on any atom is 0.0142 e. The summed E-state index contributed by atoms with van der Waals surface area (Å²) in [7, 11) is 0. The van der Waals surface area contributed by atoms with E-state index < -0.39 is 0 Å². The van der Waals surface area contributed by atoms with Crippen molar-refractivity contribution in [3.05, 3.63) is 59.8 Å². The van der Waals surface area contributed by atoms with E-state index >= 15 is 0 Å². The van der Waals surface area contributed by atoms with Crippen LogP contribution in [0.1, 0.15) is 65.2 Å². The van der Waals surface area contributed by atoms with Gasteiger partial charge in [0.25, 0.3) is 0 Å². The van der Waals surface area contributed by atoms with E-state index in [4.69, 9.17) is 0 Å². The van der Waals surface area contributed by atoms with Crippen molar-refractivity contribution < 1.29 is 0 Å². The van der Waals surface area contributed by atoms with E-state index in [1.807, 2.05) is 0 Å². The summed E-state index contributed by atoms with van der Waals surface area (Å²) in [6.07, 6.45) is 20.5. The molecule has 5 unspecified atom stereocenters. The molecule has 5 rings (SSSR count). The number of fused-ring (bicyclic) bond motifs is 6. The highest BCUT2D eigenvalue weighted by Gasteiger charge is 2.62. The molecule has 2 fully saturated rings. The summed E-state index contributed by atoms with van der Waals surface area (Å²) >= 11 is 0. The topological polar surface area (TPSA) is 0 Å². The molecular formula is C25H32. The van der Waals surface area contributed by atoms with Gasteiger partial charge in [-0.1, -0.05) is 68.0 Å². The minimum absolute atomic E-state index is 0.261. The number of hydrogen-bond donors (Lipinski definition) is 0. The Hall–Kier alpha value is -1.30. The quantitative estimate of drug-likeness (QED) is 0.422. The number of rotatable bonds is 0. The molecule has 0 nitrogen and oxygen atoms in total. The normalized spacial score (nSPS) is 48.1. The zero-order chi connectivity index (χ0) is 17.4. The van der Waals surface area contributed by atoms with Crippen LogP contribution in [0.5, 0.6) is 0 Å². The van der Waals surface area contributed by atoms with Gasteiger partial charge in [0.05, 0.1) is 0 Å². The molecule has 0 radical (unpaired) electrons. The average molecular weight is 333 g/mol. The zero-order valence-electron chi connectivity index (χ0n) is 16.0. The summed E-state index contributed by atoms with van der Waals surface area (Å²) in [6.45, 7) is 13.7. The summed E-state index contributed by atoms with van der Waals surface area (Å²) in [5, 5.41) is 0.